The fourth-order valence-electron chi connectivity index (χ4n) is 0.828. The van der Waals surface area contributed by atoms with Crippen molar-refractivity contribution in [2.24, 2.45) is 4.99 Å². The number of rotatable bonds is 2. The van der Waals surface area contributed by atoms with E-state index in [0.29, 0.717) is 16.1 Å². The lowest BCUT2D eigenvalue weighted by molar-refractivity contribution is 0.841. The molecule has 0 saturated carbocycles. The quantitative estimate of drug-likeness (QED) is 0.666. The zero-order valence-corrected chi connectivity index (χ0v) is 9.10. The molecular formula is C10H11Cl2N. The molecule has 0 heterocycles. The minimum atomic E-state index is 0.300. The van der Waals surface area contributed by atoms with Crippen LogP contribution in [0.15, 0.2) is 23.2 Å². The Balaban J connectivity index is 2.85. The SMILES string of the molecule is CC(C)N=Cc1ccc(Cl)c(Cl)c1. The molecule has 0 bridgehead atoms. The van der Waals surface area contributed by atoms with Gasteiger partial charge in [-0.15, -0.1) is 0 Å². The van der Waals surface area contributed by atoms with Crippen LogP contribution in [0.4, 0.5) is 0 Å². The summed E-state index contributed by atoms with van der Waals surface area (Å²) in [4.78, 5) is 4.24. The number of halogens is 2. The van der Waals surface area contributed by atoms with Gasteiger partial charge in [0.05, 0.1) is 10.0 Å². The average molecular weight is 216 g/mol. The molecule has 0 aliphatic carbocycles. The van der Waals surface area contributed by atoms with Crippen LogP contribution < -0.4 is 0 Å². The third-order valence-electron chi connectivity index (χ3n) is 1.47. The molecule has 0 amide bonds. The van der Waals surface area contributed by atoms with Crippen LogP contribution in [0.1, 0.15) is 19.4 Å². The molecule has 0 N–H and O–H groups in total. The lowest BCUT2D eigenvalue weighted by Gasteiger charge is -1.98. The zero-order valence-electron chi connectivity index (χ0n) is 7.59. The summed E-state index contributed by atoms with van der Waals surface area (Å²) in [6.07, 6.45) is 1.80. The average Bonchev–Trinajstić information content (AvgIpc) is 2.07. The second-order valence-electron chi connectivity index (χ2n) is 3.05. The van der Waals surface area contributed by atoms with Crippen LogP contribution in [0.3, 0.4) is 0 Å². The van der Waals surface area contributed by atoms with Gasteiger partial charge < -0.3 is 0 Å². The maximum atomic E-state index is 5.84. The van der Waals surface area contributed by atoms with Gasteiger partial charge in [-0.1, -0.05) is 29.3 Å². The molecule has 1 rings (SSSR count). The molecular weight excluding hydrogens is 205 g/mol. The topological polar surface area (TPSA) is 12.4 Å². The standard InChI is InChI=1S/C10H11Cl2N/c1-7(2)13-6-8-3-4-9(11)10(12)5-8/h3-7H,1-2H3. The van der Waals surface area contributed by atoms with Crippen LogP contribution in [-0.4, -0.2) is 12.3 Å². The van der Waals surface area contributed by atoms with Gasteiger partial charge in [-0.05, 0) is 31.5 Å². The van der Waals surface area contributed by atoms with E-state index >= 15 is 0 Å². The first-order valence-electron chi connectivity index (χ1n) is 4.08. The van der Waals surface area contributed by atoms with Crippen molar-refractivity contribution in [1.29, 1.82) is 0 Å². The molecule has 13 heavy (non-hydrogen) atoms. The molecule has 0 fully saturated rings. The van der Waals surface area contributed by atoms with Gasteiger partial charge in [0.25, 0.3) is 0 Å². The summed E-state index contributed by atoms with van der Waals surface area (Å²) < 4.78 is 0. The van der Waals surface area contributed by atoms with E-state index < -0.39 is 0 Å². The molecule has 0 unspecified atom stereocenters. The maximum absolute atomic E-state index is 5.84. The Labute approximate surface area is 88.4 Å². The fourth-order valence-corrected chi connectivity index (χ4v) is 1.13. The molecule has 0 atom stereocenters. The molecule has 1 aromatic rings. The number of nitrogens with zero attached hydrogens (tertiary/aromatic N) is 1. The summed E-state index contributed by atoms with van der Waals surface area (Å²) in [7, 11) is 0. The van der Waals surface area contributed by atoms with Gasteiger partial charge in [0.15, 0.2) is 0 Å². The second kappa shape index (κ2) is 4.64. The highest BCUT2D eigenvalue weighted by Crippen LogP contribution is 2.21. The fraction of sp³-hybridized carbons (Fsp3) is 0.300. The van der Waals surface area contributed by atoms with Crippen molar-refractivity contribution in [2.45, 2.75) is 19.9 Å². The van der Waals surface area contributed by atoms with Crippen LogP contribution in [0.25, 0.3) is 0 Å². The van der Waals surface area contributed by atoms with Gasteiger partial charge in [0.1, 0.15) is 0 Å². The first-order chi connectivity index (χ1) is 6.09. The normalized spacial score (nSPS) is 11.5. The number of hydrogen-bond donors (Lipinski definition) is 0. The van der Waals surface area contributed by atoms with Crippen LogP contribution in [0, 0.1) is 0 Å². The molecule has 0 saturated heterocycles. The Morgan fingerprint density at radius 2 is 1.92 bits per heavy atom. The summed E-state index contributed by atoms with van der Waals surface area (Å²) in [5.74, 6) is 0. The molecule has 0 spiro atoms. The summed E-state index contributed by atoms with van der Waals surface area (Å²) in [6.45, 7) is 4.04. The highest BCUT2D eigenvalue weighted by Gasteiger charge is 1.96. The Hall–Kier alpha value is -0.530. The van der Waals surface area contributed by atoms with E-state index in [1.807, 2.05) is 19.9 Å². The summed E-state index contributed by atoms with van der Waals surface area (Å²) in [5, 5.41) is 1.14. The minimum Gasteiger partial charge on any atom is -0.290 e. The number of aliphatic imine (C=N–C) groups is 1. The molecule has 1 aromatic carbocycles. The van der Waals surface area contributed by atoms with E-state index in [-0.39, 0.29) is 0 Å². The second-order valence-corrected chi connectivity index (χ2v) is 3.86. The number of benzene rings is 1. The van der Waals surface area contributed by atoms with Gasteiger partial charge in [-0.3, -0.25) is 4.99 Å². The largest absolute Gasteiger partial charge is 0.290 e. The van der Waals surface area contributed by atoms with Crippen molar-refractivity contribution < 1.29 is 0 Å². The summed E-state index contributed by atoms with van der Waals surface area (Å²) >= 11 is 11.6. The van der Waals surface area contributed by atoms with Crippen molar-refractivity contribution in [3.8, 4) is 0 Å². The van der Waals surface area contributed by atoms with Gasteiger partial charge in [-0.25, -0.2) is 0 Å². The van der Waals surface area contributed by atoms with E-state index in [0.717, 1.165) is 5.56 Å². The van der Waals surface area contributed by atoms with Crippen molar-refractivity contribution in [3.05, 3.63) is 33.8 Å². The monoisotopic (exact) mass is 215 g/mol. The van der Waals surface area contributed by atoms with E-state index in [9.17, 15) is 0 Å². The van der Waals surface area contributed by atoms with E-state index in [1.54, 1.807) is 18.3 Å². The van der Waals surface area contributed by atoms with Crippen LogP contribution in [0.2, 0.25) is 10.0 Å². The Morgan fingerprint density at radius 1 is 1.23 bits per heavy atom. The van der Waals surface area contributed by atoms with E-state index in [4.69, 9.17) is 23.2 Å². The van der Waals surface area contributed by atoms with Crippen molar-refractivity contribution in [2.75, 3.05) is 0 Å². The van der Waals surface area contributed by atoms with Crippen LogP contribution >= 0.6 is 23.2 Å². The Kier molecular flexibility index (Phi) is 3.76. The zero-order chi connectivity index (χ0) is 9.84. The van der Waals surface area contributed by atoms with E-state index in [1.165, 1.54) is 0 Å². The first-order valence-corrected chi connectivity index (χ1v) is 4.83. The lowest BCUT2D eigenvalue weighted by Crippen LogP contribution is -1.90. The number of hydrogen-bond acceptors (Lipinski definition) is 1. The molecule has 0 aliphatic heterocycles. The molecule has 0 radical (unpaired) electrons. The highest BCUT2D eigenvalue weighted by molar-refractivity contribution is 6.42. The molecule has 70 valence electrons. The lowest BCUT2D eigenvalue weighted by atomic mass is 10.2. The Morgan fingerprint density at radius 3 is 2.46 bits per heavy atom. The van der Waals surface area contributed by atoms with Gasteiger partial charge >= 0.3 is 0 Å². The third kappa shape index (κ3) is 3.37. The smallest absolute Gasteiger partial charge is 0.0598 e. The molecule has 0 aliphatic rings. The predicted molar refractivity (Wildman–Crippen MR) is 59.2 cm³/mol. The first kappa shape index (κ1) is 10.6. The predicted octanol–water partition coefficient (Wildman–Crippen LogP) is 3.82. The minimum absolute atomic E-state index is 0.300. The van der Waals surface area contributed by atoms with Crippen molar-refractivity contribution in [1.82, 2.24) is 0 Å². The molecule has 1 nitrogen and oxygen atoms in total. The van der Waals surface area contributed by atoms with Gasteiger partial charge in [-0.2, -0.15) is 0 Å². The van der Waals surface area contributed by atoms with Crippen molar-refractivity contribution >= 4 is 29.4 Å². The van der Waals surface area contributed by atoms with Crippen LogP contribution in [-0.2, 0) is 0 Å². The van der Waals surface area contributed by atoms with Crippen LogP contribution in [0.5, 0.6) is 0 Å². The third-order valence-corrected chi connectivity index (χ3v) is 2.20. The highest BCUT2D eigenvalue weighted by atomic mass is 35.5. The molecule has 0 aromatic heterocycles. The summed E-state index contributed by atoms with van der Waals surface area (Å²) in [6, 6.07) is 5.76. The van der Waals surface area contributed by atoms with Gasteiger partial charge in [0.2, 0.25) is 0 Å². The molecule has 3 heteroatoms. The van der Waals surface area contributed by atoms with Crippen molar-refractivity contribution in [3.63, 3.8) is 0 Å². The summed E-state index contributed by atoms with van der Waals surface area (Å²) in [5.41, 5.74) is 0.975. The van der Waals surface area contributed by atoms with Gasteiger partial charge in [0, 0.05) is 12.3 Å². The maximum Gasteiger partial charge on any atom is 0.0598 e. The Bertz CT molecular complexity index is 319. The van der Waals surface area contributed by atoms with E-state index in [2.05, 4.69) is 4.99 Å².